The van der Waals surface area contributed by atoms with Crippen LogP contribution >= 0.6 is 11.3 Å². The Balaban J connectivity index is 3.03. The highest BCUT2D eigenvalue weighted by atomic mass is 32.1. The van der Waals surface area contributed by atoms with Gasteiger partial charge in [0.15, 0.2) is 11.3 Å². The number of hydrogen-bond donors (Lipinski definition) is 0. The Morgan fingerprint density at radius 1 is 1.89 bits per heavy atom. The largest absolute Gasteiger partial charge is 0.297 e. The molecule has 0 bridgehead atoms. The molecule has 0 saturated carbocycles. The molecule has 0 saturated heterocycles. The predicted octanol–water partition coefficient (Wildman–Crippen LogP) is 0.827. The number of nitriles is 1. The van der Waals surface area contributed by atoms with Crippen LogP contribution in [0, 0.1) is 11.3 Å². The van der Waals surface area contributed by atoms with Gasteiger partial charge in [0.25, 0.3) is 0 Å². The van der Waals surface area contributed by atoms with Crippen molar-refractivity contribution < 1.29 is 4.79 Å². The molecule has 0 unspecified atom stereocenters. The highest BCUT2D eigenvalue weighted by Gasteiger charge is 1.96. The molecular formula is C5H2N2OS. The van der Waals surface area contributed by atoms with E-state index >= 15 is 0 Å². The quantitative estimate of drug-likeness (QED) is 0.540. The summed E-state index contributed by atoms with van der Waals surface area (Å²) in [6, 6.07) is 1.83. The van der Waals surface area contributed by atoms with Crippen LogP contribution in [0.25, 0.3) is 0 Å². The lowest BCUT2D eigenvalue weighted by Gasteiger charge is -1.66. The van der Waals surface area contributed by atoms with Crippen LogP contribution in [0.15, 0.2) is 6.20 Å². The smallest absolute Gasteiger partial charge is 0.194 e. The first-order valence-corrected chi connectivity index (χ1v) is 2.99. The minimum absolute atomic E-state index is 0.331. The molecule has 0 aliphatic rings. The van der Waals surface area contributed by atoms with Gasteiger partial charge in [-0.05, 0) is 0 Å². The normalized spacial score (nSPS) is 8.33. The van der Waals surface area contributed by atoms with Gasteiger partial charge in [-0.3, -0.25) is 4.79 Å². The van der Waals surface area contributed by atoms with Crippen molar-refractivity contribution in [1.82, 2.24) is 4.98 Å². The lowest BCUT2D eigenvalue weighted by Crippen LogP contribution is -1.63. The molecule has 1 rings (SSSR count). The molecule has 0 spiro atoms. The summed E-state index contributed by atoms with van der Waals surface area (Å²) in [6.07, 6.45) is 2.06. The summed E-state index contributed by atoms with van der Waals surface area (Å²) >= 11 is 1.09. The molecule has 44 valence electrons. The molecule has 9 heavy (non-hydrogen) atoms. The monoisotopic (exact) mass is 138 g/mol. The molecule has 0 fully saturated rings. The van der Waals surface area contributed by atoms with Crippen LogP contribution in [-0.4, -0.2) is 11.3 Å². The van der Waals surface area contributed by atoms with E-state index in [1.165, 1.54) is 6.20 Å². The standard InChI is InChI=1S/C5H2N2OS/c6-1-5-7-2-4(3-8)9-5/h2-3H. The molecule has 0 amide bonds. The van der Waals surface area contributed by atoms with Crippen LogP contribution in [0.3, 0.4) is 0 Å². The number of nitrogens with zero attached hydrogens (tertiary/aromatic N) is 2. The average molecular weight is 138 g/mol. The first kappa shape index (κ1) is 5.92. The second-order valence-electron chi connectivity index (χ2n) is 1.30. The third kappa shape index (κ3) is 1.12. The van der Waals surface area contributed by atoms with Gasteiger partial charge in [-0.15, -0.1) is 11.3 Å². The minimum atomic E-state index is 0.331. The molecule has 0 aliphatic heterocycles. The van der Waals surface area contributed by atoms with Gasteiger partial charge in [-0.1, -0.05) is 0 Å². The first-order chi connectivity index (χ1) is 4.36. The fourth-order valence-electron chi connectivity index (χ4n) is 0.393. The lowest BCUT2D eigenvalue weighted by molar-refractivity contribution is 0.112. The number of aldehydes is 1. The van der Waals surface area contributed by atoms with Crippen molar-refractivity contribution in [3.05, 3.63) is 16.1 Å². The van der Waals surface area contributed by atoms with Gasteiger partial charge >= 0.3 is 0 Å². The highest BCUT2D eigenvalue weighted by Crippen LogP contribution is 2.07. The van der Waals surface area contributed by atoms with Gasteiger partial charge in [0.2, 0.25) is 0 Å². The fourth-order valence-corrected chi connectivity index (χ4v) is 0.921. The van der Waals surface area contributed by atoms with Gasteiger partial charge in [0.1, 0.15) is 6.07 Å². The molecule has 1 aromatic heterocycles. The molecule has 0 aliphatic carbocycles. The third-order valence-corrected chi connectivity index (χ3v) is 1.56. The Labute approximate surface area is 55.6 Å². The maximum Gasteiger partial charge on any atom is 0.194 e. The van der Waals surface area contributed by atoms with Crippen LogP contribution in [0.5, 0.6) is 0 Å². The van der Waals surface area contributed by atoms with Gasteiger partial charge in [0, 0.05) is 6.20 Å². The number of rotatable bonds is 1. The molecule has 0 atom stereocenters. The zero-order valence-corrected chi connectivity index (χ0v) is 5.18. The molecule has 0 N–H and O–H groups in total. The Bertz CT molecular complexity index is 260. The summed E-state index contributed by atoms with van der Waals surface area (Å²) in [4.78, 5) is 14.1. The van der Waals surface area contributed by atoms with Crippen molar-refractivity contribution in [3.63, 3.8) is 0 Å². The summed E-state index contributed by atoms with van der Waals surface area (Å²) in [5.74, 6) is 0. The van der Waals surface area contributed by atoms with E-state index in [2.05, 4.69) is 4.98 Å². The van der Waals surface area contributed by atoms with Crippen LogP contribution in [0.2, 0.25) is 0 Å². The van der Waals surface area contributed by atoms with Crippen molar-refractivity contribution in [2.45, 2.75) is 0 Å². The molecule has 1 heterocycles. The topological polar surface area (TPSA) is 53.8 Å². The Kier molecular flexibility index (Phi) is 1.56. The van der Waals surface area contributed by atoms with E-state index in [1.54, 1.807) is 0 Å². The first-order valence-electron chi connectivity index (χ1n) is 2.18. The Morgan fingerprint density at radius 2 is 2.67 bits per heavy atom. The van der Waals surface area contributed by atoms with Crippen molar-refractivity contribution in [3.8, 4) is 6.07 Å². The molecular weight excluding hydrogens is 136 g/mol. The van der Waals surface area contributed by atoms with Crippen molar-refractivity contribution in [2.75, 3.05) is 0 Å². The van der Waals surface area contributed by atoms with E-state index in [4.69, 9.17) is 5.26 Å². The third-order valence-electron chi connectivity index (χ3n) is 0.735. The number of carbonyl (C=O) groups is 1. The Hall–Kier alpha value is -1.21. The van der Waals surface area contributed by atoms with Crippen molar-refractivity contribution in [2.24, 2.45) is 0 Å². The molecule has 0 aromatic carbocycles. The highest BCUT2D eigenvalue weighted by molar-refractivity contribution is 7.13. The fraction of sp³-hybridized carbons (Fsp3) is 0. The summed E-state index contributed by atoms with van der Waals surface area (Å²) < 4.78 is 0. The van der Waals surface area contributed by atoms with E-state index in [0.29, 0.717) is 16.2 Å². The number of thiazole rings is 1. The lowest BCUT2D eigenvalue weighted by atomic mass is 10.6. The van der Waals surface area contributed by atoms with Crippen LogP contribution < -0.4 is 0 Å². The predicted molar refractivity (Wildman–Crippen MR) is 32.2 cm³/mol. The summed E-state index contributed by atoms with van der Waals surface area (Å²) in [5, 5.41) is 8.56. The van der Waals surface area contributed by atoms with Gasteiger partial charge in [-0.25, -0.2) is 4.98 Å². The van der Waals surface area contributed by atoms with Crippen LogP contribution in [0.1, 0.15) is 14.7 Å². The minimum Gasteiger partial charge on any atom is -0.297 e. The average Bonchev–Trinajstić information content (AvgIpc) is 2.34. The van der Waals surface area contributed by atoms with Crippen molar-refractivity contribution >= 4 is 17.6 Å². The van der Waals surface area contributed by atoms with Gasteiger partial charge in [0.05, 0.1) is 4.88 Å². The molecule has 0 radical (unpaired) electrons. The summed E-state index contributed by atoms with van der Waals surface area (Å²) in [6.45, 7) is 0. The summed E-state index contributed by atoms with van der Waals surface area (Å²) in [5.41, 5.74) is 0. The van der Waals surface area contributed by atoms with E-state index in [9.17, 15) is 4.79 Å². The van der Waals surface area contributed by atoms with E-state index in [-0.39, 0.29) is 0 Å². The van der Waals surface area contributed by atoms with Crippen LogP contribution in [0.4, 0.5) is 0 Å². The SMILES string of the molecule is N#Cc1ncc(C=O)s1. The second kappa shape index (κ2) is 2.37. The number of aromatic nitrogens is 1. The number of carbonyl (C=O) groups excluding carboxylic acids is 1. The summed E-state index contributed by atoms with van der Waals surface area (Å²) in [7, 11) is 0. The van der Waals surface area contributed by atoms with Crippen molar-refractivity contribution in [1.29, 1.82) is 5.26 Å². The van der Waals surface area contributed by atoms with E-state index < -0.39 is 0 Å². The maximum atomic E-state index is 10.00. The maximum absolute atomic E-state index is 10.00. The van der Waals surface area contributed by atoms with E-state index in [1.807, 2.05) is 6.07 Å². The molecule has 4 heteroatoms. The number of hydrogen-bond acceptors (Lipinski definition) is 4. The molecule has 1 aromatic rings. The molecule has 3 nitrogen and oxygen atoms in total. The zero-order valence-electron chi connectivity index (χ0n) is 4.37. The Morgan fingerprint density at radius 3 is 3.00 bits per heavy atom. The second-order valence-corrected chi connectivity index (χ2v) is 2.36. The van der Waals surface area contributed by atoms with E-state index in [0.717, 1.165) is 11.3 Å². The van der Waals surface area contributed by atoms with Gasteiger partial charge < -0.3 is 0 Å². The zero-order chi connectivity index (χ0) is 6.69. The van der Waals surface area contributed by atoms with Crippen LogP contribution in [-0.2, 0) is 0 Å². The van der Waals surface area contributed by atoms with Gasteiger partial charge in [-0.2, -0.15) is 5.26 Å².